The van der Waals surface area contributed by atoms with E-state index in [9.17, 15) is 15.0 Å². The maximum atomic E-state index is 12.0. The number of rotatable bonds is 8. The van der Waals surface area contributed by atoms with Crippen molar-refractivity contribution >= 4 is 17.6 Å². The summed E-state index contributed by atoms with van der Waals surface area (Å²) in [5, 5.41) is 20.9. The second kappa shape index (κ2) is 9.07. The highest BCUT2D eigenvalue weighted by Crippen LogP contribution is 2.37. The van der Waals surface area contributed by atoms with Crippen molar-refractivity contribution in [3.05, 3.63) is 28.8 Å². The van der Waals surface area contributed by atoms with Gasteiger partial charge in [0.25, 0.3) is 0 Å². The molecule has 0 aromatic heterocycles. The molecule has 1 fully saturated rings. The molecule has 0 unspecified atom stereocenters. The van der Waals surface area contributed by atoms with E-state index in [1.54, 1.807) is 0 Å². The fourth-order valence-electron chi connectivity index (χ4n) is 3.58. The number of hydrogen-bond donors (Lipinski definition) is 2. The third-order valence-electron chi connectivity index (χ3n) is 5.16. The van der Waals surface area contributed by atoms with Gasteiger partial charge in [-0.2, -0.15) is 0 Å². The number of nitrogens with zero attached hydrogens (tertiary/aromatic N) is 1. The Balaban J connectivity index is 2.13. The number of aliphatic hydroxyl groups is 1. The Labute approximate surface area is 160 Å². The summed E-state index contributed by atoms with van der Waals surface area (Å²) in [7, 11) is 0. The third kappa shape index (κ3) is 4.90. The van der Waals surface area contributed by atoms with E-state index < -0.39 is 17.5 Å². The Bertz CT molecular complexity index is 622. The van der Waals surface area contributed by atoms with Crippen LogP contribution in [0.5, 0.6) is 5.75 Å². The quantitative estimate of drug-likeness (QED) is 0.714. The third-order valence-corrected chi connectivity index (χ3v) is 5.45. The Kier molecular flexibility index (Phi) is 7.33. The van der Waals surface area contributed by atoms with Crippen molar-refractivity contribution < 1.29 is 19.7 Å². The van der Waals surface area contributed by atoms with Gasteiger partial charge in [-0.25, -0.2) is 0 Å². The number of benzene rings is 1. The number of halogens is 1. The van der Waals surface area contributed by atoms with Crippen LogP contribution in [0.4, 0.5) is 0 Å². The van der Waals surface area contributed by atoms with Crippen LogP contribution in [0.2, 0.25) is 5.02 Å². The second-order valence-corrected chi connectivity index (χ2v) is 8.01. The van der Waals surface area contributed by atoms with Crippen molar-refractivity contribution in [3.63, 3.8) is 0 Å². The van der Waals surface area contributed by atoms with Crippen molar-refractivity contribution in [3.8, 4) is 5.75 Å². The van der Waals surface area contributed by atoms with Gasteiger partial charge in [0.05, 0.1) is 17.7 Å². The first-order valence-electron chi connectivity index (χ1n) is 9.33. The summed E-state index contributed by atoms with van der Waals surface area (Å²) < 4.78 is 5.46. The zero-order chi connectivity index (χ0) is 19.3. The van der Waals surface area contributed by atoms with Gasteiger partial charge in [-0.1, -0.05) is 31.5 Å². The lowest BCUT2D eigenvalue weighted by atomic mass is 9.72. The molecule has 1 heterocycles. The van der Waals surface area contributed by atoms with Crippen LogP contribution in [-0.2, 0) is 11.3 Å². The molecule has 6 heteroatoms. The number of ether oxygens (including phenoxy) is 1. The standard InChI is InChI=1S/C20H30ClNO4/c1-4-26-17-6-5-15(11-16(17)21)12-22-10-8-18(23)20(13-22,19(24)25)9-7-14(2)3/h5-6,11,14,18,23H,4,7-10,12-13H2,1-3H3,(H,24,25)/t18-,20+/m0/s1. The molecule has 1 aromatic carbocycles. The summed E-state index contributed by atoms with van der Waals surface area (Å²) in [6.45, 7) is 8.24. The molecular formula is C20H30ClNO4. The molecule has 0 saturated carbocycles. The molecule has 0 radical (unpaired) electrons. The minimum Gasteiger partial charge on any atom is -0.492 e. The van der Waals surface area contributed by atoms with Crippen molar-refractivity contribution in [1.29, 1.82) is 0 Å². The first-order chi connectivity index (χ1) is 12.3. The van der Waals surface area contributed by atoms with Crippen LogP contribution < -0.4 is 4.74 Å². The van der Waals surface area contributed by atoms with E-state index in [4.69, 9.17) is 16.3 Å². The van der Waals surface area contributed by atoms with Gasteiger partial charge in [-0.3, -0.25) is 9.69 Å². The molecule has 0 spiro atoms. The van der Waals surface area contributed by atoms with Gasteiger partial charge < -0.3 is 14.9 Å². The highest BCUT2D eigenvalue weighted by molar-refractivity contribution is 6.32. The Morgan fingerprint density at radius 1 is 1.46 bits per heavy atom. The van der Waals surface area contributed by atoms with Crippen LogP contribution in [0.3, 0.4) is 0 Å². The van der Waals surface area contributed by atoms with Crippen LogP contribution >= 0.6 is 11.6 Å². The van der Waals surface area contributed by atoms with E-state index in [2.05, 4.69) is 18.7 Å². The van der Waals surface area contributed by atoms with Crippen molar-refractivity contribution in [2.75, 3.05) is 19.7 Å². The number of aliphatic carboxylic acids is 1. The van der Waals surface area contributed by atoms with E-state index >= 15 is 0 Å². The van der Waals surface area contributed by atoms with E-state index in [0.29, 0.717) is 55.8 Å². The van der Waals surface area contributed by atoms with Crippen LogP contribution in [-0.4, -0.2) is 46.9 Å². The Hall–Kier alpha value is -1.30. The molecule has 2 rings (SSSR count). The van der Waals surface area contributed by atoms with Gasteiger partial charge in [0.2, 0.25) is 0 Å². The molecule has 146 valence electrons. The molecular weight excluding hydrogens is 354 g/mol. The number of piperidine rings is 1. The fourth-order valence-corrected chi connectivity index (χ4v) is 3.84. The minimum atomic E-state index is -1.10. The van der Waals surface area contributed by atoms with Gasteiger partial charge in [0, 0.05) is 19.6 Å². The maximum Gasteiger partial charge on any atom is 0.313 e. The smallest absolute Gasteiger partial charge is 0.313 e. The largest absolute Gasteiger partial charge is 0.492 e. The normalized spacial score (nSPS) is 24.0. The lowest BCUT2D eigenvalue weighted by Gasteiger charge is -2.43. The van der Waals surface area contributed by atoms with E-state index in [-0.39, 0.29) is 0 Å². The van der Waals surface area contributed by atoms with Crippen molar-refractivity contribution in [2.45, 2.75) is 52.7 Å². The SMILES string of the molecule is CCOc1ccc(CN2CC[C@H](O)[C@](CCC(C)C)(C(=O)O)C2)cc1Cl. The number of carboxylic acids is 1. The van der Waals surface area contributed by atoms with Crippen LogP contribution in [0.25, 0.3) is 0 Å². The highest BCUT2D eigenvalue weighted by atomic mass is 35.5. The predicted molar refractivity (Wildman–Crippen MR) is 103 cm³/mol. The lowest BCUT2D eigenvalue weighted by Crippen LogP contribution is -2.55. The van der Waals surface area contributed by atoms with Gasteiger partial charge in [0.1, 0.15) is 11.2 Å². The minimum absolute atomic E-state index is 0.348. The summed E-state index contributed by atoms with van der Waals surface area (Å²) >= 11 is 6.26. The topological polar surface area (TPSA) is 70.0 Å². The average Bonchev–Trinajstić information content (AvgIpc) is 2.57. The number of hydrogen-bond acceptors (Lipinski definition) is 4. The summed E-state index contributed by atoms with van der Waals surface area (Å²) in [6.07, 6.45) is 0.932. The summed E-state index contributed by atoms with van der Waals surface area (Å²) in [5.74, 6) is 0.155. The van der Waals surface area contributed by atoms with Crippen molar-refractivity contribution in [2.24, 2.45) is 11.3 Å². The molecule has 1 aliphatic heterocycles. The first kappa shape index (κ1) is 21.0. The molecule has 1 aliphatic rings. The van der Waals surface area contributed by atoms with Gasteiger partial charge in [0.15, 0.2) is 0 Å². The molecule has 0 bridgehead atoms. The molecule has 2 N–H and O–H groups in total. The highest BCUT2D eigenvalue weighted by Gasteiger charge is 2.48. The molecule has 0 amide bonds. The van der Waals surface area contributed by atoms with Gasteiger partial charge >= 0.3 is 5.97 Å². The zero-order valence-electron chi connectivity index (χ0n) is 15.9. The van der Waals surface area contributed by atoms with Gasteiger partial charge in [-0.05, 0) is 49.8 Å². The Morgan fingerprint density at radius 2 is 2.19 bits per heavy atom. The molecule has 2 atom stereocenters. The lowest BCUT2D eigenvalue weighted by molar-refractivity contribution is -0.165. The molecule has 0 aliphatic carbocycles. The monoisotopic (exact) mass is 383 g/mol. The summed E-state index contributed by atoms with van der Waals surface area (Å²) in [6, 6.07) is 5.68. The van der Waals surface area contributed by atoms with Crippen LogP contribution in [0.1, 0.15) is 45.6 Å². The Morgan fingerprint density at radius 3 is 2.77 bits per heavy atom. The van der Waals surface area contributed by atoms with E-state index in [0.717, 1.165) is 12.0 Å². The second-order valence-electron chi connectivity index (χ2n) is 7.61. The number of aliphatic hydroxyl groups excluding tert-OH is 1. The summed E-state index contributed by atoms with van der Waals surface area (Å²) in [4.78, 5) is 14.1. The van der Waals surface area contributed by atoms with Crippen molar-refractivity contribution in [1.82, 2.24) is 4.90 Å². The molecule has 1 aromatic rings. The fraction of sp³-hybridized carbons (Fsp3) is 0.650. The van der Waals surface area contributed by atoms with E-state index in [1.165, 1.54) is 0 Å². The molecule has 26 heavy (non-hydrogen) atoms. The molecule has 5 nitrogen and oxygen atoms in total. The summed E-state index contributed by atoms with van der Waals surface area (Å²) in [5.41, 5.74) is -0.0876. The number of carboxylic acid groups (broad SMARTS) is 1. The van der Waals surface area contributed by atoms with Gasteiger partial charge in [-0.15, -0.1) is 0 Å². The number of carbonyl (C=O) groups is 1. The number of likely N-dealkylation sites (tertiary alicyclic amines) is 1. The van der Waals surface area contributed by atoms with Crippen LogP contribution in [0, 0.1) is 11.3 Å². The zero-order valence-corrected chi connectivity index (χ0v) is 16.6. The maximum absolute atomic E-state index is 12.0. The predicted octanol–water partition coefficient (Wildman–Crippen LogP) is 3.81. The first-order valence-corrected chi connectivity index (χ1v) is 9.71. The molecule has 1 saturated heterocycles. The van der Waals surface area contributed by atoms with Crippen LogP contribution in [0.15, 0.2) is 18.2 Å². The average molecular weight is 384 g/mol. The van der Waals surface area contributed by atoms with E-state index in [1.807, 2.05) is 25.1 Å².